The van der Waals surface area contributed by atoms with E-state index >= 15 is 0 Å². The van der Waals surface area contributed by atoms with Crippen LogP contribution >= 0.6 is 0 Å². The van der Waals surface area contributed by atoms with E-state index in [0.29, 0.717) is 25.2 Å². The zero-order valence-electron chi connectivity index (χ0n) is 13.2. The largest absolute Gasteiger partial charge is 0.494 e. The quantitative estimate of drug-likeness (QED) is 0.708. The van der Waals surface area contributed by atoms with Gasteiger partial charge in [0.1, 0.15) is 5.75 Å². The molecule has 0 amide bonds. The lowest BCUT2D eigenvalue weighted by molar-refractivity contribution is -0.152. The third-order valence-corrected chi connectivity index (χ3v) is 3.26. The predicted molar refractivity (Wildman–Crippen MR) is 82.2 cm³/mol. The first-order valence-electron chi connectivity index (χ1n) is 7.71. The van der Waals surface area contributed by atoms with Crippen molar-refractivity contribution in [1.29, 1.82) is 0 Å². The smallest absolute Gasteiger partial charge is 0.311 e. The monoisotopic (exact) mass is 294 g/mol. The average molecular weight is 294 g/mol. The number of carbonyl (C=O) groups is 1. The standard InChI is InChI=1S/C17H26O4/c1-4-7-15(17(19)20-6-3)16(18)13-8-10-14(11-9-13)21-12-5-2/h8-11,15-16,18H,4-7,12H2,1-3H3. The van der Waals surface area contributed by atoms with Crippen LogP contribution in [0.15, 0.2) is 24.3 Å². The maximum atomic E-state index is 11.9. The van der Waals surface area contributed by atoms with Crippen LogP contribution in [-0.4, -0.2) is 24.3 Å². The van der Waals surface area contributed by atoms with Crippen molar-refractivity contribution < 1.29 is 19.4 Å². The van der Waals surface area contributed by atoms with Crippen LogP contribution in [0.5, 0.6) is 5.75 Å². The molecule has 0 aliphatic rings. The van der Waals surface area contributed by atoms with Crippen LogP contribution in [0.4, 0.5) is 0 Å². The Kier molecular flexibility index (Phi) is 7.83. The average Bonchev–Trinajstić information content (AvgIpc) is 2.50. The molecule has 0 heterocycles. The van der Waals surface area contributed by atoms with Gasteiger partial charge < -0.3 is 14.6 Å². The van der Waals surface area contributed by atoms with Gasteiger partial charge in [0.2, 0.25) is 0 Å². The van der Waals surface area contributed by atoms with E-state index in [1.807, 2.05) is 26.0 Å². The summed E-state index contributed by atoms with van der Waals surface area (Å²) in [5, 5.41) is 10.4. The van der Waals surface area contributed by atoms with Gasteiger partial charge in [-0.2, -0.15) is 0 Å². The molecule has 21 heavy (non-hydrogen) atoms. The van der Waals surface area contributed by atoms with Gasteiger partial charge in [-0.05, 0) is 37.5 Å². The molecule has 1 rings (SSSR count). The van der Waals surface area contributed by atoms with Crippen molar-refractivity contribution >= 4 is 5.97 Å². The summed E-state index contributed by atoms with van der Waals surface area (Å²) in [4.78, 5) is 11.9. The Morgan fingerprint density at radius 1 is 1.14 bits per heavy atom. The Labute approximate surface area is 127 Å². The van der Waals surface area contributed by atoms with E-state index in [9.17, 15) is 9.90 Å². The number of aliphatic hydroxyl groups is 1. The highest BCUT2D eigenvalue weighted by atomic mass is 16.5. The van der Waals surface area contributed by atoms with Gasteiger partial charge >= 0.3 is 5.97 Å². The molecule has 0 spiro atoms. The molecule has 1 aromatic rings. The Morgan fingerprint density at radius 3 is 2.33 bits per heavy atom. The third-order valence-electron chi connectivity index (χ3n) is 3.26. The van der Waals surface area contributed by atoms with E-state index < -0.39 is 12.0 Å². The Hall–Kier alpha value is -1.55. The first-order chi connectivity index (χ1) is 10.1. The van der Waals surface area contributed by atoms with Crippen LogP contribution in [0.3, 0.4) is 0 Å². The maximum Gasteiger partial charge on any atom is 0.311 e. The molecule has 4 heteroatoms. The fraction of sp³-hybridized carbons (Fsp3) is 0.588. The SMILES string of the molecule is CCCOc1ccc(C(O)C(CCC)C(=O)OCC)cc1. The van der Waals surface area contributed by atoms with E-state index in [2.05, 4.69) is 0 Å². The molecule has 1 N–H and O–H groups in total. The summed E-state index contributed by atoms with van der Waals surface area (Å²) in [6.07, 6.45) is 1.53. The van der Waals surface area contributed by atoms with E-state index in [1.54, 1.807) is 19.1 Å². The van der Waals surface area contributed by atoms with Gasteiger partial charge in [-0.15, -0.1) is 0 Å². The van der Waals surface area contributed by atoms with Crippen molar-refractivity contribution in [1.82, 2.24) is 0 Å². The molecule has 4 nitrogen and oxygen atoms in total. The molecule has 0 bridgehead atoms. The summed E-state index contributed by atoms with van der Waals surface area (Å²) in [5.41, 5.74) is 0.713. The van der Waals surface area contributed by atoms with Gasteiger partial charge in [-0.3, -0.25) is 4.79 Å². The van der Waals surface area contributed by atoms with Crippen molar-refractivity contribution in [2.75, 3.05) is 13.2 Å². The van der Waals surface area contributed by atoms with Gasteiger partial charge in [0.25, 0.3) is 0 Å². The molecule has 0 saturated heterocycles. The summed E-state index contributed by atoms with van der Waals surface area (Å²) in [5.74, 6) is -0.0773. The van der Waals surface area contributed by atoms with Crippen molar-refractivity contribution in [2.24, 2.45) is 5.92 Å². The number of aliphatic hydroxyl groups excluding tert-OH is 1. The van der Waals surface area contributed by atoms with E-state index in [-0.39, 0.29) is 5.97 Å². The number of hydrogen-bond donors (Lipinski definition) is 1. The van der Waals surface area contributed by atoms with E-state index in [1.165, 1.54) is 0 Å². The number of ether oxygens (including phenoxy) is 2. The lowest BCUT2D eigenvalue weighted by Gasteiger charge is -2.21. The molecule has 0 aliphatic carbocycles. The first kappa shape index (κ1) is 17.5. The zero-order valence-corrected chi connectivity index (χ0v) is 13.2. The Balaban J connectivity index is 2.78. The number of esters is 1. The van der Waals surface area contributed by atoms with Crippen LogP contribution in [0.2, 0.25) is 0 Å². The molecule has 0 aliphatic heterocycles. The lowest BCUT2D eigenvalue weighted by atomic mass is 9.92. The maximum absolute atomic E-state index is 11.9. The normalized spacial score (nSPS) is 13.5. The number of benzene rings is 1. The second-order valence-corrected chi connectivity index (χ2v) is 5.01. The molecule has 0 fully saturated rings. The minimum atomic E-state index is -0.843. The van der Waals surface area contributed by atoms with Crippen molar-refractivity contribution in [3.05, 3.63) is 29.8 Å². The minimum absolute atomic E-state index is 0.329. The predicted octanol–water partition coefficient (Wildman–Crippen LogP) is 3.49. The summed E-state index contributed by atoms with van der Waals surface area (Å²) in [6, 6.07) is 7.25. The van der Waals surface area contributed by atoms with Crippen molar-refractivity contribution in [3.8, 4) is 5.75 Å². The van der Waals surface area contributed by atoms with E-state index in [4.69, 9.17) is 9.47 Å². The van der Waals surface area contributed by atoms with Crippen LogP contribution in [0, 0.1) is 5.92 Å². The molecular weight excluding hydrogens is 268 g/mol. The second kappa shape index (κ2) is 9.40. The van der Waals surface area contributed by atoms with E-state index in [0.717, 1.165) is 18.6 Å². The van der Waals surface area contributed by atoms with Gasteiger partial charge in [0, 0.05) is 0 Å². The van der Waals surface area contributed by atoms with Crippen LogP contribution in [0.25, 0.3) is 0 Å². The zero-order chi connectivity index (χ0) is 15.7. The molecule has 0 aromatic heterocycles. The first-order valence-corrected chi connectivity index (χ1v) is 7.71. The summed E-state index contributed by atoms with van der Waals surface area (Å²) >= 11 is 0. The summed E-state index contributed by atoms with van der Waals surface area (Å²) < 4.78 is 10.6. The molecule has 0 radical (unpaired) electrons. The Morgan fingerprint density at radius 2 is 1.81 bits per heavy atom. The number of rotatable bonds is 9. The van der Waals surface area contributed by atoms with Gasteiger partial charge in [0.05, 0.1) is 25.2 Å². The molecule has 2 atom stereocenters. The third kappa shape index (κ3) is 5.38. The van der Waals surface area contributed by atoms with Crippen molar-refractivity contribution in [3.63, 3.8) is 0 Å². The van der Waals surface area contributed by atoms with Crippen LogP contribution in [-0.2, 0) is 9.53 Å². The molecule has 0 saturated carbocycles. The van der Waals surface area contributed by atoms with Crippen molar-refractivity contribution in [2.45, 2.75) is 46.1 Å². The lowest BCUT2D eigenvalue weighted by Crippen LogP contribution is -2.24. The highest BCUT2D eigenvalue weighted by molar-refractivity contribution is 5.73. The fourth-order valence-corrected chi connectivity index (χ4v) is 2.18. The molecule has 1 aromatic carbocycles. The Bertz CT molecular complexity index is 413. The van der Waals surface area contributed by atoms with Gasteiger partial charge in [-0.1, -0.05) is 32.4 Å². The highest BCUT2D eigenvalue weighted by Gasteiger charge is 2.28. The number of hydrogen-bond acceptors (Lipinski definition) is 4. The van der Waals surface area contributed by atoms with Gasteiger partial charge in [-0.25, -0.2) is 0 Å². The highest BCUT2D eigenvalue weighted by Crippen LogP contribution is 2.28. The van der Waals surface area contributed by atoms with Crippen LogP contribution < -0.4 is 4.74 Å². The number of carbonyl (C=O) groups excluding carboxylic acids is 1. The molecule has 2 unspecified atom stereocenters. The molecule has 118 valence electrons. The minimum Gasteiger partial charge on any atom is -0.494 e. The summed E-state index contributed by atoms with van der Waals surface area (Å²) in [7, 11) is 0. The molecular formula is C17H26O4. The topological polar surface area (TPSA) is 55.8 Å². The van der Waals surface area contributed by atoms with Crippen LogP contribution in [0.1, 0.15) is 51.7 Å². The summed E-state index contributed by atoms with van der Waals surface area (Å²) in [6.45, 7) is 6.80. The fourth-order valence-electron chi connectivity index (χ4n) is 2.18. The van der Waals surface area contributed by atoms with Gasteiger partial charge in [0.15, 0.2) is 0 Å². The second-order valence-electron chi connectivity index (χ2n) is 5.01.